The molecule has 2 rings (SSSR count). The van der Waals surface area contributed by atoms with Crippen LogP contribution in [0.5, 0.6) is 0 Å². The molecule has 1 aromatic carbocycles. The molecule has 70 valence electrons. The smallest absolute Gasteiger partial charge is 0.198 e. The molecule has 5 N–H and O–H groups in total. The van der Waals surface area contributed by atoms with Crippen LogP contribution in [-0.4, -0.2) is 9.97 Å². The fourth-order valence-corrected chi connectivity index (χ4v) is 1.38. The van der Waals surface area contributed by atoms with E-state index in [0.29, 0.717) is 18.1 Å². The molecule has 0 amide bonds. The summed E-state index contributed by atoms with van der Waals surface area (Å²) in [7, 11) is 0. The van der Waals surface area contributed by atoms with Crippen molar-refractivity contribution in [1.82, 2.24) is 9.97 Å². The minimum atomic E-state index is 0.292. The minimum Gasteiger partial charge on any atom is -0.398 e. The van der Waals surface area contributed by atoms with Gasteiger partial charge in [-0.1, -0.05) is 0 Å². The maximum atomic E-state index is 8.57. The van der Waals surface area contributed by atoms with Crippen molar-refractivity contribution in [3.8, 4) is 6.07 Å². The van der Waals surface area contributed by atoms with Gasteiger partial charge in [-0.3, -0.25) is 0 Å². The maximum absolute atomic E-state index is 8.57. The van der Waals surface area contributed by atoms with Crippen LogP contribution >= 0.6 is 0 Å². The predicted molar refractivity (Wildman–Crippen MR) is 54.2 cm³/mol. The Kier molecular flexibility index (Phi) is 1.75. The highest BCUT2D eigenvalue weighted by Crippen LogP contribution is 2.21. The molecular weight excluding hydrogens is 178 g/mol. The fourth-order valence-electron chi connectivity index (χ4n) is 1.38. The normalized spacial score (nSPS) is 10.2. The van der Waals surface area contributed by atoms with Crippen molar-refractivity contribution in [3.63, 3.8) is 0 Å². The first-order chi connectivity index (χ1) is 6.70. The Balaban J connectivity index is 2.65. The largest absolute Gasteiger partial charge is 0.398 e. The van der Waals surface area contributed by atoms with Gasteiger partial charge in [0.15, 0.2) is 5.95 Å². The molecule has 14 heavy (non-hydrogen) atoms. The summed E-state index contributed by atoms with van der Waals surface area (Å²) in [6, 6.07) is 5.57. The summed E-state index contributed by atoms with van der Waals surface area (Å²) >= 11 is 0. The van der Waals surface area contributed by atoms with Gasteiger partial charge in [-0.05, 0) is 17.7 Å². The molecule has 0 bridgehead atoms. The van der Waals surface area contributed by atoms with Gasteiger partial charge in [-0.2, -0.15) is 5.26 Å². The third-order valence-corrected chi connectivity index (χ3v) is 2.03. The molecule has 5 nitrogen and oxygen atoms in total. The summed E-state index contributed by atoms with van der Waals surface area (Å²) in [5, 5.41) is 8.57. The minimum absolute atomic E-state index is 0.292. The molecule has 1 heterocycles. The second-order valence-corrected chi connectivity index (χ2v) is 3.03. The monoisotopic (exact) mass is 187 g/mol. The number of anilines is 2. The van der Waals surface area contributed by atoms with Crippen LogP contribution in [0.2, 0.25) is 0 Å². The Hall–Kier alpha value is -2.22. The lowest BCUT2D eigenvalue weighted by Crippen LogP contribution is -1.93. The van der Waals surface area contributed by atoms with E-state index in [1.165, 1.54) is 0 Å². The number of nitrogen functional groups attached to an aromatic ring is 2. The molecule has 0 atom stereocenters. The quantitative estimate of drug-likeness (QED) is 0.574. The van der Waals surface area contributed by atoms with Crippen molar-refractivity contribution in [2.45, 2.75) is 6.42 Å². The zero-order chi connectivity index (χ0) is 10.1. The van der Waals surface area contributed by atoms with E-state index in [1.54, 1.807) is 12.1 Å². The molecule has 0 saturated heterocycles. The molecule has 0 fully saturated rings. The number of nitrogens with one attached hydrogen (secondary N) is 1. The summed E-state index contributed by atoms with van der Waals surface area (Å²) < 4.78 is 0. The lowest BCUT2D eigenvalue weighted by Gasteiger charge is -1.99. The Morgan fingerprint density at radius 1 is 1.43 bits per heavy atom. The van der Waals surface area contributed by atoms with Gasteiger partial charge in [0.2, 0.25) is 0 Å². The van der Waals surface area contributed by atoms with E-state index in [-0.39, 0.29) is 0 Å². The van der Waals surface area contributed by atoms with Crippen LogP contribution < -0.4 is 11.5 Å². The first kappa shape index (κ1) is 8.38. The van der Waals surface area contributed by atoms with Crippen LogP contribution in [0.15, 0.2) is 12.1 Å². The third-order valence-electron chi connectivity index (χ3n) is 2.03. The number of aromatic nitrogens is 2. The van der Waals surface area contributed by atoms with Gasteiger partial charge in [0, 0.05) is 5.69 Å². The summed E-state index contributed by atoms with van der Waals surface area (Å²) in [5.74, 6) is 0.355. The summed E-state index contributed by atoms with van der Waals surface area (Å²) in [6.45, 7) is 0. The summed E-state index contributed by atoms with van der Waals surface area (Å²) in [5.41, 5.74) is 14.1. The van der Waals surface area contributed by atoms with Gasteiger partial charge in [-0.25, -0.2) is 4.98 Å². The van der Waals surface area contributed by atoms with E-state index in [1.807, 2.05) is 0 Å². The predicted octanol–water partition coefficient (Wildman–Crippen LogP) is 0.793. The van der Waals surface area contributed by atoms with Gasteiger partial charge >= 0.3 is 0 Å². The fraction of sp³-hybridized carbons (Fsp3) is 0.111. The summed E-state index contributed by atoms with van der Waals surface area (Å²) in [4.78, 5) is 6.92. The number of nitriles is 1. The Morgan fingerprint density at radius 2 is 2.21 bits per heavy atom. The van der Waals surface area contributed by atoms with Crippen LogP contribution in [0.25, 0.3) is 11.0 Å². The SMILES string of the molecule is N#CCc1cc2[nH]c(N)nc2cc1N. The summed E-state index contributed by atoms with van der Waals surface area (Å²) in [6.07, 6.45) is 0.292. The highest BCUT2D eigenvalue weighted by Gasteiger charge is 2.05. The molecular formula is C9H9N5. The molecule has 0 saturated carbocycles. The lowest BCUT2D eigenvalue weighted by molar-refractivity contribution is 1.27. The Labute approximate surface area is 80.3 Å². The van der Waals surface area contributed by atoms with Crippen molar-refractivity contribution in [2.75, 3.05) is 11.5 Å². The molecule has 0 aliphatic carbocycles. The van der Waals surface area contributed by atoms with E-state index in [9.17, 15) is 0 Å². The average Bonchev–Trinajstić information content (AvgIpc) is 2.45. The molecule has 0 unspecified atom stereocenters. The number of rotatable bonds is 1. The maximum Gasteiger partial charge on any atom is 0.198 e. The molecule has 0 radical (unpaired) electrons. The number of hydrogen-bond acceptors (Lipinski definition) is 4. The zero-order valence-electron chi connectivity index (χ0n) is 7.41. The number of fused-ring (bicyclic) bond motifs is 1. The van der Waals surface area contributed by atoms with Crippen molar-refractivity contribution < 1.29 is 0 Å². The van der Waals surface area contributed by atoms with E-state index < -0.39 is 0 Å². The van der Waals surface area contributed by atoms with Crippen LogP contribution in [0.1, 0.15) is 5.56 Å². The molecule has 0 aliphatic rings. The van der Waals surface area contributed by atoms with E-state index in [4.69, 9.17) is 16.7 Å². The van der Waals surface area contributed by atoms with Crippen LogP contribution in [0, 0.1) is 11.3 Å². The number of nitrogens with zero attached hydrogens (tertiary/aromatic N) is 2. The van der Waals surface area contributed by atoms with Crippen molar-refractivity contribution >= 4 is 22.7 Å². The van der Waals surface area contributed by atoms with Gasteiger partial charge in [-0.15, -0.1) is 0 Å². The van der Waals surface area contributed by atoms with Gasteiger partial charge < -0.3 is 16.5 Å². The number of imidazole rings is 1. The number of aromatic amines is 1. The molecule has 2 aromatic rings. The van der Waals surface area contributed by atoms with Gasteiger partial charge in [0.05, 0.1) is 23.5 Å². The zero-order valence-corrected chi connectivity index (χ0v) is 7.41. The number of H-pyrrole nitrogens is 1. The van der Waals surface area contributed by atoms with E-state index in [0.717, 1.165) is 16.6 Å². The Morgan fingerprint density at radius 3 is 2.93 bits per heavy atom. The van der Waals surface area contributed by atoms with Crippen LogP contribution in [-0.2, 0) is 6.42 Å². The van der Waals surface area contributed by atoms with E-state index >= 15 is 0 Å². The van der Waals surface area contributed by atoms with Crippen molar-refractivity contribution in [2.24, 2.45) is 0 Å². The standard InChI is InChI=1S/C9H9N5/c10-2-1-5-3-7-8(4-6(5)11)14-9(12)13-7/h3-4H,1,11H2,(H3,12,13,14). The number of nitrogens with two attached hydrogens (primary N) is 2. The second kappa shape index (κ2) is 2.92. The second-order valence-electron chi connectivity index (χ2n) is 3.03. The van der Waals surface area contributed by atoms with Crippen molar-refractivity contribution in [3.05, 3.63) is 17.7 Å². The van der Waals surface area contributed by atoms with Crippen LogP contribution in [0.4, 0.5) is 11.6 Å². The Bertz CT molecular complexity index is 520. The topological polar surface area (TPSA) is 105 Å². The highest BCUT2D eigenvalue weighted by molar-refractivity contribution is 5.82. The van der Waals surface area contributed by atoms with Crippen molar-refractivity contribution in [1.29, 1.82) is 5.26 Å². The molecule has 5 heteroatoms. The molecule has 1 aromatic heterocycles. The van der Waals surface area contributed by atoms with E-state index in [2.05, 4.69) is 16.0 Å². The third kappa shape index (κ3) is 1.23. The number of hydrogen-bond donors (Lipinski definition) is 3. The van der Waals surface area contributed by atoms with Gasteiger partial charge in [0.1, 0.15) is 0 Å². The molecule has 0 aliphatic heterocycles. The number of benzene rings is 1. The molecule has 0 spiro atoms. The first-order valence-electron chi connectivity index (χ1n) is 4.11. The van der Waals surface area contributed by atoms with Gasteiger partial charge in [0.25, 0.3) is 0 Å². The first-order valence-corrected chi connectivity index (χ1v) is 4.11. The highest BCUT2D eigenvalue weighted by atomic mass is 15.0. The lowest BCUT2D eigenvalue weighted by atomic mass is 10.1. The van der Waals surface area contributed by atoms with Crippen LogP contribution in [0.3, 0.4) is 0 Å². The average molecular weight is 187 g/mol.